The summed E-state index contributed by atoms with van der Waals surface area (Å²) in [7, 11) is 0. The number of rotatable bonds is 5. The predicted molar refractivity (Wildman–Crippen MR) is 115 cm³/mol. The van der Waals surface area contributed by atoms with Gasteiger partial charge in [0.25, 0.3) is 0 Å². The van der Waals surface area contributed by atoms with Gasteiger partial charge in [-0.05, 0) is 29.8 Å². The van der Waals surface area contributed by atoms with Crippen LogP contribution in [0.5, 0.6) is 0 Å². The normalized spacial score (nSPS) is 14.2. The number of pyridine rings is 1. The third-order valence-corrected chi connectivity index (χ3v) is 4.74. The number of piperazine rings is 1. The second-order valence-electron chi connectivity index (χ2n) is 6.68. The van der Waals surface area contributed by atoms with Crippen molar-refractivity contribution in [2.24, 2.45) is 0 Å². The molecule has 0 radical (unpaired) electrons. The van der Waals surface area contributed by atoms with Crippen molar-refractivity contribution >= 4 is 29.3 Å². The monoisotopic (exact) mass is 386 g/mol. The standard InChI is InChI=1S/C22H22N6O/c29-22(9-8-18-5-4-10-23-16-18)26-20-15-21(25-17-24-20)28-13-11-27(12-14-28)19-6-2-1-3-7-19/h1-10,15-17H,11-14H2,(H,24,25,26,29)/b9-8+. The maximum Gasteiger partial charge on any atom is 0.249 e. The lowest BCUT2D eigenvalue weighted by Gasteiger charge is -2.36. The lowest BCUT2D eigenvalue weighted by molar-refractivity contribution is -0.111. The minimum absolute atomic E-state index is 0.243. The molecule has 0 aliphatic carbocycles. The highest BCUT2D eigenvalue weighted by Gasteiger charge is 2.18. The second-order valence-corrected chi connectivity index (χ2v) is 6.68. The van der Waals surface area contributed by atoms with Gasteiger partial charge >= 0.3 is 0 Å². The molecule has 4 rings (SSSR count). The first-order chi connectivity index (χ1) is 14.3. The van der Waals surface area contributed by atoms with Crippen LogP contribution >= 0.6 is 0 Å². The highest BCUT2D eigenvalue weighted by Crippen LogP contribution is 2.20. The zero-order chi connectivity index (χ0) is 19.9. The molecule has 0 saturated carbocycles. The minimum Gasteiger partial charge on any atom is -0.368 e. The zero-order valence-electron chi connectivity index (χ0n) is 16.0. The molecule has 1 aliphatic heterocycles. The summed E-state index contributed by atoms with van der Waals surface area (Å²) in [4.78, 5) is 29.3. The SMILES string of the molecule is O=C(/C=C/c1cccnc1)Nc1cc(N2CCN(c3ccccc3)CC2)ncn1. The molecule has 7 nitrogen and oxygen atoms in total. The molecule has 3 heterocycles. The average molecular weight is 386 g/mol. The molecule has 0 unspecified atom stereocenters. The summed E-state index contributed by atoms with van der Waals surface area (Å²) in [6.45, 7) is 3.56. The van der Waals surface area contributed by atoms with Gasteiger partial charge in [0.1, 0.15) is 18.0 Å². The molecule has 2 aromatic heterocycles. The Balaban J connectivity index is 1.35. The van der Waals surface area contributed by atoms with E-state index in [0.29, 0.717) is 5.82 Å². The van der Waals surface area contributed by atoms with E-state index in [1.54, 1.807) is 18.5 Å². The average Bonchev–Trinajstić information content (AvgIpc) is 2.79. The van der Waals surface area contributed by atoms with Gasteiger partial charge in [-0.15, -0.1) is 0 Å². The molecule has 1 amide bonds. The van der Waals surface area contributed by atoms with Crippen molar-refractivity contribution < 1.29 is 4.79 Å². The summed E-state index contributed by atoms with van der Waals surface area (Å²) < 4.78 is 0. The van der Waals surface area contributed by atoms with Crippen molar-refractivity contribution in [1.82, 2.24) is 15.0 Å². The molecule has 3 aromatic rings. The van der Waals surface area contributed by atoms with Crippen LogP contribution in [0.25, 0.3) is 6.08 Å². The first kappa shape index (κ1) is 18.6. The third-order valence-electron chi connectivity index (χ3n) is 4.74. The van der Waals surface area contributed by atoms with Crippen molar-refractivity contribution in [3.63, 3.8) is 0 Å². The predicted octanol–water partition coefficient (Wildman–Crippen LogP) is 2.85. The van der Waals surface area contributed by atoms with Crippen LogP contribution in [0.1, 0.15) is 5.56 Å². The summed E-state index contributed by atoms with van der Waals surface area (Å²) >= 11 is 0. The van der Waals surface area contributed by atoms with Crippen LogP contribution in [0.2, 0.25) is 0 Å². The summed E-state index contributed by atoms with van der Waals surface area (Å²) in [6.07, 6.45) is 8.06. The van der Waals surface area contributed by atoms with Gasteiger partial charge in [-0.3, -0.25) is 9.78 Å². The van der Waals surface area contributed by atoms with Crippen LogP contribution in [0, 0.1) is 0 Å². The second kappa shape index (κ2) is 8.97. The van der Waals surface area contributed by atoms with E-state index in [2.05, 4.69) is 54.3 Å². The van der Waals surface area contributed by atoms with Gasteiger partial charge in [-0.25, -0.2) is 9.97 Å². The van der Waals surface area contributed by atoms with Crippen LogP contribution in [0.15, 0.2) is 73.3 Å². The van der Waals surface area contributed by atoms with Crippen molar-refractivity contribution in [2.75, 3.05) is 41.3 Å². The Labute approximate surface area is 169 Å². The first-order valence-electron chi connectivity index (χ1n) is 9.54. The number of carbonyl (C=O) groups is 1. The van der Waals surface area contributed by atoms with Gasteiger partial charge in [-0.1, -0.05) is 24.3 Å². The van der Waals surface area contributed by atoms with E-state index in [4.69, 9.17) is 0 Å². The van der Waals surface area contributed by atoms with Crippen molar-refractivity contribution in [3.8, 4) is 0 Å². The lowest BCUT2D eigenvalue weighted by atomic mass is 10.2. The number of nitrogens with one attached hydrogen (secondary N) is 1. The smallest absolute Gasteiger partial charge is 0.249 e. The Kier molecular flexibility index (Phi) is 5.76. The fourth-order valence-electron chi connectivity index (χ4n) is 3.24. The number of hydrogen-bond acceptors (Lipinski definition) is 6. The van der Waals surface area contributed by atoms with E-state index in [-0.39, 0.29) is 5.91 Å². The summed E-state index contributed by atoms with van der Waals surface area (Å²) in [6, 6.07) is 15.9. The maximum atomic E-state index is 12.2. The molecule has 1 N–H and O–H groups in total. The fraction of sp³-hybridized carbons (Fsp3) is 0.182. The molecule has 29 heavy (non-hydrogen) atoms. The number of aromatic nitrogens is 3. The maximum absolute atomic E-state index is 12.2. The van der Waals surface area contributed by atoms with E-state index < -0.39 is 0 Å². The summed E-state index contributed by atoms with van der Waals surface area (Å²) in [5.74, 6) is 1.06. The van der Waals surface area contributed by atoms with Crippen LogP contribution in [0.4, 0.5) is 17.3 Å². The van der Waals surface area contributed by atoms with Crippen LogP contribution < -0.4 is 15.1 Å². The lowest BCUT2D eigenvalue weighted by Crippen LogP contribution is -2.46. The van der Waals surface area contributed by atoms with Gasteiger partial charge in [-0.2, -0.15) is 0 Å². The Morgan fingerprint density at radius 2 is 1.76 bits per heavy atom. The number of nitrogens with zero attached hydrogens (tertiary/aromatic N) is 5. The highest BCUT2D eigenvalue weighted by atomic mass is 16.1. The quantitative estimate of drug-likeness (QED) is 0.680. The fourth-order valence-corrected chi connectivity index (χ4v) is 3.24. The van der Waals surface area contributed by atoms with Crippen molar-refractivity contribution in [3.05, 3.63) is 78.9 Å². The first-order valence-corrected chi connectivity index (χ1v) is 9.54. The molecule has 0 spiro atoms. The molecular formula is C22H22N6O. The molecule has 7 heteroatoms. The Morgan fingerprint density at radius 1 is 0.966 bits per heavy atom. The molecule has 0 atom stereocenters. The number of carbonyl (C=O) groups excluding carboxylic acids is 1. The summed E-state index contributed by atoms with van der Waals surface area (Å²) in [5.41, 5.74) is 2.10. The molecule has 1 fully saturated rings. The molecule has 0 bridgehead atoms. The van der Waals surface area contributed by atoms with E-state index in [1.165, 1.54) is 18.1 Å². The van der Waals surface area contributed by atoms with E-state index in [0.717, 1.165) is 37.6 Å². The molecular weight excluding hydrogens is 364 g/mol. The van der Waals surface area contributed by atoms with E-state index in [9.17, 15) is 4.79 Å². The van der Waals surface area contributed by atoms with Gasteiger partial charge in [0, 0.05) is 56.4 Å². The molecule has 1 saturated heterocycles. The molecule has 146 valence electrons. The van der Waals surface area contributed by atoms with Crippen molar-refractivity contribution in [2.45, 2.75) is 0 Å². The molecule has 1 aromatic carbocycles. The number of para-hydroxylation sites is 1. The Morgan fingerprint density at radius 3 is 2.52 bits per heavy atom. The number of benzene rings is 1. The van der Waals surface area contributed by atoms with Gasteiger partial charge in [0.05, 0.1) is 0 Å². The van der Waals surface area contributed by atoms with Gasteiger partial charge in [0.2, 0.25) is 5.91 Å². The third kappa shape index (κ3) is 4.95. The Bertz CT molecular complexity index is 969. The highest BCUT2D eigenvalue weighted by molar-refractivity contribution is 6.01. The van der Waals surface area contributed by atoms with Crippen LogP contribution in [-0.2, 0) is 4.79 Å². The topological polar surface area (TPSA) is 74.2 Å². The van der Waals surface area contributed by atoms with Crippen molar-refractivity contribution in [1.29, 1.82) is 0 Å². The number of anilines is 3. The van der Waals surface area contributed by atoms with Crippen LogP contribution in [-0.4, -0.2) is 47.0 Å². The number of hydrogen-bond donors (Lipinski definition) is 1. The number of amides is 1. The van der Waals surface area contributed by atoms with Gasteiger partial charge in [0.15, 0.2) is 0 Å². The van der Waals surface area contributed by atoms with E-state index >= 15 is 0 Å². The largest absolute Gasteiger partial charge is 0.368 e. The van der Waals surface area contributed by atoms with Crippen LogP contribution in [0.3, 0.4) is 0 Å². The molecule has 1 aliphatic rings. The zero-order valence-corrected chi connectivity index (χ0v) is 16.0. The summed E-state index contributed by atoms with van der Waals surface area (Å²) in [5, 5.41) is 2.79. The Hall–Kier alpha value is -3.74. The van der Waals surface area contributed by atoms with Gasteiger partial charge < -0.3 is 15.1 Å². The minimum atomic E-state index is -0.243. The van der Waals surface area contributed by atoms with E-state index in [1.807, 2.05) is 24.3 Å².